The molecule has 1 aliphatic rings. The van der Waals surface area contributed by atoms with Gasteiger partial charge in [0.05, 0.1) is 17.0 Å². The molecular weight excluding hydrogens is 270 g/mol. The Morgan fingerprint density at radius 2 is 2.38 bits per heavy atom. The van der Waals surface area contributed by atoms with E-state index >= 15 is 0 Å². The molecule has 6 nitrogen and oxygen atoms in total. The molecule has 0 bridgehead atoms. The number of nitrogens with zero attached hydrogens (tertiary/aromatic N) is 2. The molecule has 3 rings (SSSR count). The first-order valence-electron chi connectivity index (χ1n) is 7.06. The van der Waals surface area contributed by atoms with E-state index in [1.807, 2.05) is 0 Å². The maximum atomic E-state index is 12.2. The van der Waals surface area contributed by atoms with Crippen molar-refractivity contribution in [2.24, 2.45) is 0 Å². The quantitative estimate of drug-likeness (QED) is 0.898. The van der Waals surface area contributed by atoms with Crippen molar-refractivity contribution in [1.29, 1.82) is 0 Å². The van der Waals surface area contributed by atoms with Crippen molar-refractivity contribution < 1.29 is 9.53 Å². The number of aromatic nitrogens is 2. The van der Waals surface area contributed by atoms with E-state index in [-0.39, 0.29) is 24.1 Å². The molecule has 1 unspecified atom stereocenters. The standard InChI is InChI=1S/C15H17N3O3/c19-14(17-9-11-3-2-8-21-11)10-18-7-5-13-12(15(18)20)4-1-6-16-13/h1,4-7,11H,2-3,8-10H2,(H,17,19). The van der Waals surface area contributed by atoms with Gasteiger partial charge < -0.3 is 14.6 Å². The second-order valence-corrected chi connectivity index (χ2v) is 5.12. The molecule has 2 aromatic rings. The van der Waals surface area contributed by atoms with Crippen LogP contribution in [0.25, 0.3) is 10.9 Å². The number of fused-ring (bicyclic) bond motifs is 1. The molecule has 1 N–H and O–H groups in total. The van der Waals surface area contributed by atoms with Gasteiger partial charge in [0.25, 0.3) is 5.56 Å². The van der Waals surface area contributed by atoms with Gasteiger partial charge in [0, 0.05) is 25.5 Å². The van der Waals surface area contributed by atoms with E-state index in [4.69, 9.17) is 4.74 Å². The molecule has 1 aliphatic heterocycles. The highest BCUT2D eigenvalue weighted by atomic mass is 16.5. The molecule has 0 aromatic carbocycles. The summed E-state index contributed by atoms with van der Waals surface area (Å²) in [5.74, 6) is -0.184. The molecule has 110 valence electrons. The van der Waals surface area contributed by atoms with Crippen molar-refractivity contribution in [2.45, 2.75) is 25.5 Å². The lowest BCUT2D eigenvalue weighted by molar-refractivity contribution is -0.122. The van der Waals surface area contributed by atoms with Crippen LogP contribution in [0.2, 0.25) is 0 Å². The van der Waals surface area contributed by atoms with Crippen LogP contribution in [0.5, 0.6) is 0 Å². The van der Waals surface area contributed by atoms with Crippen molar-refractivity contribution >= 4 is 16.8 Å². The van der Waals surface area contributed by atoms with Crippen LogP contribution in [0.1, 0.15) is 12.8 Å². The van der Waals surface area contributed by atoms with Gasteiger partial charge in [-0.3, -0.25) is 14.6 Å². The van der Waals surface area contributed by atoms with E-state index in [1.54, 1.807) is 30.6 Å². The fourth-order valence-electron chi connectivity index (χ4n) is 2.48. The molecule has 3 heterocycles. The third kappa shape index (κ3) is 3.11. The zero-order valence-electron chi connectivity index (χ0n) is 11.6. The van der Waals surface area contributed by atoms with Crippen LogP contribution in [0.4, 0.5) is 0 Å². The molecule has 1 atom stereocenters. The third-order valence-corrected chi connectivity index (χ3v) is 3.61. The molecule has 6 heteroatoms. The largest absolute Gasteiger partial charge is 0.376 e. The summed E-state index contributed by atoms with van der Waals surface area (Å²) in [6, 6.07) is 5.17. The number of amides is 1. The summed E-state index contributed by atoms with van der Waals surface area (Å²) in [5.41, 5.74) is 0.436. The van der Waals surface area contributed by atoms with Crippen molar-refractivity contribution in [1.82, 2.24) is 14.9 Å². The van der Waals surface area contributed by atoms with Gasteiger partial charge in [-0.15, -0.1) is 0 Å². The summed E-state index contributed by atoms with van der Waals surface area (Å²) >= 11 is 0. The van der Waals surface area contributed by atoms with Crippen molar-refractivity contribution in [3.8, 4) is 0 Å². The SMILES string of the molecule is O=C(Cn1ccc2ncccc2c1=O)NCC1CCCO1. The van der Waals surface area contributed by atoms with Crippen LogP contribution in [-0.2, 0) is 16.1 Å². The van der Waals surface area contributed by atoms with Gasteiger partial charge in [0.15, 0.2) is 0 Å². The first-order chi connectivity index (χ1) is 10.2. The highest BCUT2D eigenvalue weighted by molar-refractivity contribution is 5.78. The molecule has 1 amide bonds. The van der Waals surface area contributed by atoms with Gasteiger partial charge in [-0.25, -0.2) is 0 Å². The van der Waals surface area contributed by atoms with E-state index in [0.29, 0.717) is 17.4 Å². The van der Waals surface area contributed by atoms with E-state index in [0.717, 1.165) is 19.4 Å². The molecule has 0 saturated carbocycles. The Hall–Kier alpha value is -2.21. The summed E-state index contributed by atoms with van der Waals surface area (Å²) < 4.78 is 6.84. The summed E-state index contributed by atoms with van der Waals surface area (Å²) in [4.78, 5) is 28.3. The van der Waals surface area contributed by atoms with E-state index in [2.05, 4.69) is 10.3 Å². The van der Waals surface area contributed by atoms with E-state index < -0.39 is 0 Å². The number of carbonyl (C=O) groups excluding carboxylic acids is 1. The second kappa shape index (κ2) is 6.05. The highest BCUT2D eigenvalue weighted by Crippen LogP contribution is 2.10. The van der Waals surface area contributed by atoms with Crippen LogP contribution in [0, 0.1) is 0 Å². The van der Waals surface area contributed by atoms with Crippen LogP contribution in [-0.4, -0.2) is 34.7 Å². The van der Waals surface area contributed by atoms with Crippen LogP contribution < -0.4 is 10.9 Å². The summed E-state index contributed by atoms with van der Waals surface area (Å²) in [7, 11) is 0. The number of carbonyl (C=O) groups is 1. The third-order valence-electron chi connectivity index (χ3n) is 3.61. The maximum absolute atomic E-state index is 12.2. The number of pyridine rings is 2. The number of ether oxygens (including phenoxy) is 1. The molecule has 0 aliphatic carbocycles. The number of hydrogen-bond acceptors (Lipinski definition) is 4. The summed E-state index contributed by atoms with van der Waals surface area (Å²) in [6.07, 6.45) is 5.36. The van der Waals surface area contributed by atoms with Crippen molar-refractivity contribution in [3.05, 3.63) is 40.9 Å². The van der Waals surface area contributed by atoms with E-state index in [9.17, 15) is 9.59 Å². The Morgan fingerprint density at radius 3 is 3.19 bits per heavy atom. The molecule has 1 fully saturated rings. The Kier molecular flexibility index (Phi) is 3.96. The topological polar surface area (TPSA) is 73.2 Å². The molecule has 2 aromatic heterocycles. The lowest BCUT2D eigenvalue weighted by atomic mass is 10.2. The lowest BCUT2D eigenvalue weighted by Crippen LogP contribution is -2.36. The highest BCUT2D eigenvalue weighted by Gasteiger charge is 2.16. The van der Waals surface area contributed by atoms with Gasteiger partial charge in [0.1, 0.15) is 6.54 Å². The molecule has 0 spiro atoms. The zero-order valence-corrected chi connectivity index (χ0v) is 11.6. The first kappa shape index (κ1) is 13.8. The predicted molar refractivity (Wildman–Crippen MR) is 78.0 cm³/mol. The average molecular weight is 287 g/mol. The normalized spacial score (nSPS) is 18.0. The average Bonchev–Trinajstić information content (AvgIpc) is 3.02. The predicted octanol–water partition coefficient (Wildman–Crippen LogP) is 0.692. The Bertz CT molecular complexity index is 705. The van der Waals surface area contributed by atoms with Crippen molar-refractivity contribution in [2.75, 3.05) is 13.2 Å². The Labute approximate surface area is 121 Å². The summed E-state index contributed by atoms with van der Waals surface area (Å²) in [5, 5.41) is 3.33. The van der Waals surface area contributed by atoms with Gasteiger partial charge in [-0.1, -0.05) is 0 Å². The van der Waals surface area contributed by atoms with Gasteiger partial charge >= 0.3 is 0 Å². The van der Waals surface area contributed by atoms with Gasteiger partial charge in [-0.2, -0.15) is 0 Å². The minimum Gasteiger partial charge on any atom is -0.376 e. The number of nitrogens with one attached hydrogen (secondary N) is 1. The maximum Gasteiger partial charge on any atom is 0.260 e. The molecule has 21 heavy (non-hydrogen) atoms. The fraction of sp³-hybridized carbons (Fsp3) is 0.400. The number of rotatable bonds is 4. The Morgan fingerprint density at radius 1 is 1.48 bits per heavy atom. The zero-order chi connectivity index (χ0) is 14.7. The lowest BCUT2D eigenvalue weighted by Gasteiger charge is -2.11. The Balaban J connectivity index is 1.68. The minimum atomic E-state index is -0.201. The van der Waals surface area contributed by atoms with Gasteiger partial charge in [-0.05, 0) is 31.0 Å². The smallest absolute Gasteiger partial charge is 0.260 e. The molecular formula is C15H17N3O3. The fourth-order valence-corrected chi connectivity index (χ4v) is 2.48. The van der Waals surface area contributed by atoms with Crippen LogP contribution in [0.3, 0.4) is 0 Å². The molecule has 1 saturated heterocycles. The summed E-state index contributed by atoms with van der Waals surface area (Å²) in [6.45, 7) is 1.27. The molecule has 0 radical (unpaired) electrons. The van der Waals surface area contributed by atoms with E-state index in [1.165, 1.54) is 4.57 Å². The van der Waals surface area contributed by atoms with Crippen LogP contribution in [0.15, 0.2) is 35.4 Å². The monoisotopic (exact) mass is 287 g/mol. The second-order valence-electron chi connectivity index (χ2n) is 5.12. The first-order valence-corrected chi connectivity index (χ1v) is 7.06. The van der Waals surface area contributed by atoms with Gasteiger partial charge in [0.2, 0.25) is 5.91 Å². The van der Waals surface area contributed by atoms with Crippen LogP contribution >= 0.6 is 0 Å². The number of hydrogen-bond donors (Lipinski definition) is 1. The van der Waals surface area contributed by atoms with Crippen molar-refractivity contribution in [3.63, 3.8) is 0 Å². The minimum absolute atomic E-state index is 0.0103.